The molecule has 11 heteroatoms. The summed E-state index contributed by atoms with van der Waals surface area (Å²) in [6, 6.07) is 1.27. The van der Waals surface area contributed by atoms with Crippen LogP contribution < -0.4 is 14.3 Å². The summed E-state index contributed by atoms with van der Waals surface area (Å²) in [5.41, 5.74) is 1.22. The molecule has 2 aliphatic carbocycles. The van der Waals surface area contributed by atoms with Crippen molar-refractivity contribution in [3.63, 3.8) is 0 Å². The number of nitrogens with one attached hydrogen (secondary N) is 2. The first-order valence-electron chi connectivity index (χ1n) is 11.3. The number of urea groups is 1. The Hall–Kier alpha value is -2.11. The third-order valence-electron chi connectivity index (χ3n) is 6.26. The van der Waals surface area contributed by atoms with E-state index in [0.29, 0.717) is 29.9 Å². The van der Waals surface area contributed by atoms with Gasteiger partial charge in [-0.2, -0.15) is 13.5 Å². The van der Waals surface area contributed by atoms with Gasteiger partial charge in [-0.3, -0.25) is 4.68 Å². The molecule has 0 radical (unpaired) electrons. The molecule has 2 aromatic rings. The molecule has 3 fully saturated rings. The molecule has 174 valence electrons. The number of aryl methyl sites for hydroxylation is 1. The van der Waals surface area contributed by atoms with Gasteiger partial charge < -0.3 is 10.2 Å². The molecule has 3 heterocycles. The molecule has 0 unspecified atom stereocenters. The van der Waals surface area contributed by atoms with Gasteiger partial charge in [0.05, 0.1) is 29.7 Å². The lowest BCUT2D eigenvalue weighted by molar-refractivity contribution is 0.251. The summed E-state index contributed by atoms with van der Waals surface area (Å²) in [7, 11) is -2.14. The van der Waals surface area contributed by atoms with Crippen LogP contribution in [0.2, 0.25) is 0 Å². The van der Waals surface area contributed by atoms with Gasteiger partial charge in [-0.15, -0.1) is 11.3 Å². The molecule has 9 nitrogen and oxygen atoms in total. The maximum Gasteiger partial charge on any atom is 0.334 e. The van der Waals surface area contributed by atoms with Crippen molar-refractivity contribution in [1.29, 1.82) is 0 Å². The highest BCUT2D eigenvalue weighted by Gasteiger charge is 2.36. The topological polar surface area (TPSA) is 99.6 Å². The van der Waals surface area contributed by atoms with Crippen molar-refractivity contribution in [1.82, 2.24) is 19.4 Å². The SMILES string of the molecule is Cc1cc(NC(=O)NS(=O)(=O)N(c2cnn(C3CC3)c2)[C@H]2CCCN(C)C2)c(C2CC2)s1. The number of hydrogen-bond acceptors (Lipinski definition) is 6. The maximum absolute atomic E-state index is 13.5. The van der Waals surface area contributed by atoms with Crippen LogP contribution in [0, 0.1) is 6.92 Å². The van der Waals surface area contributed by atoms with Crippen LogP contribution in [0.4, 0.5) is 16.2 Å². The van der Waals surface area contributed by atoms with Gasteiger partial charge in [0.15, 0.2) is 0 Å². The summed E-state index contributed by atoms with van der Waals surface area (Å²) in [5, 5.41) is 7.17. The number of carbonyl (C=O) groups is 1. The zero-order valence-corrected chi connectivity index (χ0v) is 20.1. The number of likely N-dealkylation sites (N-methyl/N-ethyl adjacent to an activating group) is 1. The summed E-state index contributed by atoms with van der Waals surface area (Å²) in [6.07, 6.45) is 9.36. The smallest absolute Gasteiger partial charge is 0.306 e. The van der Waals surface area contributed by atoms with E-state index in [0.717, 1.165) is 54.8 Å². The molecule has 2 aromatic heterocycles. The number of carbonyl (C=O) groups excluding carboxylic acids is 1. The van der Waals surface area contributed by atoms with Crippen LogP contribution in [0.5, 0.6) is 0 Å². The first kappa shape index (κ1) is 21.7. The Morgan fingerprint density at radius 1 is 1.25 bits per heavy atom. The minimum Gasteiger partial charge on any atom is -0.306 e. The Labute approximate surface area is 193 Å². The van der Waals surface area contributed by atoms with Gasteiger partial charge in [0.1, 0.15) is 0 Å². The number of piperidine rings is 1. The molecule has 2 amide bonds. The quantitative estimate of drug-likeness (QED) is 0.635. The summed E-state index contributed by atoms with van der Waals surface area (Å²) in [5.74, 6) is 0.475. The minimum absolute atomic E-state index is 0.263. The van der Waals surface area contributed by atoms with E-state index in [4.69, 9.17) is 0 Å². The van der Waals surface area contributed by atoms with Gasteiger partial charge in [-0.1, -0.05) is 0 Å². The van der Waals surface area contributed by atoms with Gasteiger partial charge >= 0.3 is 16.2 Å². The molecule has 2 saturated carbocycles. The normalized spacial score (nSPS) is 22.0. The number of hydrogen-bond donors (Lipinski definition) is 2. The van der Waals surface area contributed by atoms with Crippen LogP contribution in [0.25, 0.3) is 0 Å². The standard InChI is InChI=1S/C21H30N6O3S2/c1-14-10-19(20(31-14)15-5-6-15)23-21(28)24-32(29,30)27(17-4-3-9-25(2)12-17)18-11-22-26(13-18)16-7-8-16/h10-11,13,15-17H,3-9,12H2,1-2H3,(H2,23,24,28)/t17-/m0/s1. The predicted octanol–water partition coefficient (Wildman–Crippen LogP) is 3.43. The van der Waals surface area contributed by atoms with E-state index in [1.165, 1.54) is 4.31 Å². The number of rotatable bonds is 7. The molecule has 5 rings (SSSR count). The second-order valence-corrected chi connectivity index (χ2v) is 12.1. The lowest BCUT2D eigenvalue weighted by Gasteiger charge is -2.37. The molecule has 0 bridgehead atoms. The summed E-state index contributed by atoms with van der Waals surface area (Å²) in [6.45, 7) is 3.53. The van der Waals surface area contributed by atoms with Crippen LogP contribution in [0.15, 0.2) is 18.5 Å². The van der Waals surface area contributed by atoms with Crippen LogP contribution in [-0.2, 0) is 10.2 Å². The second kappa shape index (κ2) is 8.35. The third kappa shape index (κ3) is 4.65. The van der Waals surface area contributed by atoms with Crippen molar-refractivity contribution >= 4 is 39.0 Å². The van der Waals surface area contributed by atoms with E-state index in [9.17, 15) is 13.2 Å². The van der Waals surface area contributed by atoms with Crippen molar-refractivity contribution < 1.29 is 13.2 Å². The minimum atomic E-state index is -4.13. The Morgan fingerprint density at radius 2 is 2.03 bits per heavy atom. The highest BCUT2D eigenvalue weighted by Crippen LogP contribution is 2.47. The van der Waals surface area contributed by atoms with Crippen molar-refractivity contribution in [2.75, 3.05) is 29.8 Å². The fourth-order valence-corrected chi connectivity index (χ4v) is 6.92. The van der Waals surface area contributed by atoms with Crippen molar-refractivity contribution in [3.8, 4) is 0 Å². The largest absolute Gasteiger partial charge is 0.334 e. The molecule has 1 aliphatic heterocycles. The molecule has 1 saturated heterocycles. The fourth-order valence-electron chi connectivity index (χ4n) is 4.45. The van der Waals surface area contributed by atoms with E-state index in [1.54, 1.807) is 23.7 Å². The zero-order valence-electron chi connectivity index (χ0n) is 18.5. The number of nitrogens with zero attached hydrogens (tertiary/aromatic N) is 4. The summed E-state index contributed by atoms with van der Waals surface area (Å²) < 4.78 is 32.4. The lowest BCUT2D eigenvalue weighted by Crippen LogP contribution is -2.54. The zero-order chi connectivity index (χ0) is 22.5. The average Bonchev–Trinajstić information content (AvgIpc) is 3.64. The average molecular weight is 479 g/mol. The van der Waals surface area contributed by atoms with E-state index in [1.807, 2.05) is 24.7 Å². The van der Waals surface area contributed by atoms with Crippen LogP contribution >= 0.6 is 11.3 Å². The maximum atomic E-state index is 13.5. The molecular weight excluding hydrogens is 448 g/mol. The second-order valence-electron chi connectivity index (χ2n) is 9.23. The van der Waals surface area contributed by atoms with Crippen LogP contribution in [-0.4, -0.2) is 55.3 Å². The van der Waals surface area contributed by atoms with Gasteiger partial charge in [-0.05, 0) is 71.0 Å². The van der Waals surface area contributed by atoms with Gasteiger partial charge in [-0.25, -0.2) is 13.8 Å². The Bertz CT molecular complexity index is 1100. The summed E-state index contributed by atoms with van der Waals surface area (Å²) >= 11 is 1.66. The van der Waals surface area contributed by atoms with E-state index < -0.39 is 16.2 Å². The van der Waals surface area contributed by atoms with Crippen LogP contribution in [0.1, 0.15) is 60.2 Å². The fraction of sp³-hybridized carbons (Fsp3) is 0.619. The van der Waals surface area contributed by atoms with Gasteiger partial charge in [0.25, 0.3) is 0 Å². The number of anilines is 2. The molecule has 32 heavy (non-hydrogen) atoms. The number of thiophene rings is 1. The predicted molar refractivity (Wildman–Crippen MR) is 126 cm³/mol. The number of likely N-dealkylation sites (tertiary alicyclic amines) is 1. The molecular formula is C21H30N6O3S2. The molecule has 0 aromatic carbocycles. The first-order valence-corrected chi connectivity index (χ1v) is 13.5. The number of aromatic nitrogens is 2. The van der Waals surface area contributed by atoms with E-state index in [-0.39, 0.29) is 6.04 Å². The first-order chi connectivity index (χ1) is 15.3. The number of amides is 2. The Morgan fingerprint density at radius 3 is 2.72 bits per heavy atom. The Kier molecular flexibility index (Phi) is 5.67. The van der Waals surface area contributed by atoms with E-state index in [2.05, 4.69) is 20.0 Å². The van der Waals surface area contributed by atoms with E-state index >= 15 is 0 Å². The monoisotopic (exact) mass is 478 g/mol. The molecule has 0 spiro atoms. The van der Waals surface area contributed by atoms with Gasteiger partial charge in [0, 0.05) is 22.5 Å². The lowest BCUT2D eigenvalue weighted by atomic mass is 10.1. The molecule has 1 atom stereocenters. The highest BCUT2D eigenvalue weighted by atomic mass is 32.2. The molecule has 3 aliphatic rings. The molecule has 2 N–H and O–H groups in total. The van der Waals surface area contributed by atoms with Crippen molar-refractivity contribution in [2.45, 2.75) is 63.5 Å². The Balaban J connectivity index is 1.37. The van der Waals surface area contributed by atoms with Crippen molar-refractivity contribution in [2.24, 2.45) is 0 Å². The summed E-state index contributed by atoms with van der Waals surface area (Å²) in [4.78, 5) is 17.1. The van der Waals surface area contributed by atoms with Crippen LogP contribution in [0.3, 0.4) is 0 Å². The third-order valence-corrected chi connectivity index (χ3v) is 8.94. The van der Waals surface area contributed by atoms with Crippen molar-refractivity contribution in [3.05, 3.63) is 28.2 Å². The van der Waals surface area contributed by atoms with Gasteiger partial charge in [0.2, 0.25) is 0 Å². The highest BCUT2D eigenvalue weighted by molar-refractivity contribution is 7.91.